The van der Waals surface area contributed by atoms with E-state index in [4.69, 9.17) is 5.73 Å². The molecule has 1 aromatic heterocycles. The van der Waals surface area contributed by atoms with Gasteiger partial charge in [-0.15, -0.1) is 0 Å². The molecule has 3 fully saturated rings. The van der Waals surface area contributed by atoms with E-state index in [1.165, 1.54) is 12.8 Å². The zero-order chi connectivity index (χ0) is 24.5. The Morgan fingerprint density at radius 3 is 2.23 bits per heavy atom. The minimum atomic E-state index is -0.494. The topological polar surface area (TPSA) is 117 Å². The number of pyridine rings is 1. The van der Waals surface area contributed by atoms with Crippen molar-refractivity contribution in [2.45, 2.75) is 82.5 Å². The number of fused-ring (bicyclic) bond motifs is 2. The maximum Gasteiger partial charge on any atom is 0.251 e. The number of ketones is 1. The molecule has 1 aromatic carbocycles. The SMILES string of the molecule is CC(=O)c1ccc(N2[C@@H]3CC[C@H]2CC(NC(=O)c2ccc(C(N)=O)c(NC4CCCC4)c2)C3)nc1. The van der Waals surface area contributed by atoms with Crippen LogP contribution in [-0.4, -0.2) is 46.7 Å². The largest absolute Gasteiger partial charge is 0.382 e. The van der Waals surface area contributed by atoms with Crippen molar-refractivity contribution in [1.82, 2.24) is 10.3 Å². The van der Waals surface area contributed by atoms with Crippen molar-refractivity contribution in [1.29, 1.82) is 0 Å². The number of nitrogens with two attached hydrogens (primary N) is 1. The molecule has 2 bridgehead atoms. The van der Waals surface area contributed by atoms with Crippen molar-refractivity contribution in [3.63, 3.8) is 0 Å². The smallest absolute Gasteiger partial charge is 0.251 e. The van der Waals surface area contributed by atoms with E-state index in [1.54, 1.807) is 31.3 Å². The van der Waals surface area contributed by atoms with Gasteiger partial charge in [-0.3, -0.25) is 14.4 Å². The molecule has 184 valence electrons. The molecule has 1 saturated carbocycles. The van der Waals surface area contributed by atoms with Crippen molar-refractivity contribution in [2.24, 2.45) is 5.73 Å². The summed E-state index contributed by atoms with van der Waals surface area (Å²) in [6.45, 7) is 1.55. The van der Waals surface area contributed by atoms with Crippen LogP contribution in [0.15, 0.2) is 36.5 Å². The zero-order valence-corrected chi connectivity index (χ0v) is 20.1. The molecule has 2 aromatic rings. The maximum absolute atomic E-state index is 13.2. The van der Waals surface area contributed by atoms with E-state index in [2.05, 4.69) is 20.5 Å². The highest BCUT2D eigenvalue weighted by Crippen LogP contribution is 2.38. The number of nitrogens with zero attached hydrogens (tertiary/aromatic N) is 2. The third-order valence-corrected chi connectivity index (χ3v) is 7.75. The summed E-state index contributed by atoms with van der Waals surface area (Å²) >= 11 is 0. The van der Waals surface area contributed by atoms with Crippen LogP contribution in [0.4, 0.5) is 11.5 Å². The second-order valence-corrected chi connectivity index (χ2v) is 10.1. The molecule has 8 nitrogen and oxygen atoms in total. The molecular weight excluding hydrogens is 442 g/mol. The molecule has 4 N–H and O–H groups in total. The Balaban J connectivity index is 1.26. The number of anilines is 2. The van der Waals surface area contributed by atoms with E-state index in [1.807, 2.05) is 12.1 Å². The first kappa shape index (κ1) is 23.3. The first-order valence-corrected chi connectivity index (χ1v) is 12.7. The quantitative estimate of drug-likeness (QED) is 0.526. The summed E-state index contributed by atoms with van der Waals surface area (Å²) < 4.78 is 0. The van der Waals surface area contributed by atoms with Gasteiger partial charge in [-0.05, 0) is 75.8 Å². The van der Waals surface area contributed by atoms with Crippen LogP contribution in [0.5, 0.6) is 0 Å². The first-order chi connectivity index (χ1) is 16.9. The van der Waals surface area contributed by atoms with E-state index in [-0.39, 0.29) is 17.7 Å². The van der Waals surface area contributed by atoms with Gasteiger partial charge in [-0.2, -0.15) is 0 Å². The molecule has 5 rings (SSSR count). The van der Waals surface area contributed by atoms with Crippen molar-refractivity contribution in [3.8, 4) is 0 Å². The molecule has 2 saturated heterocycles. The van der Waals surface area contributed by atoms with Crippen LogP contribution in [0, 0.1) is 0 Å². The number of carbonyl (C=O) groups excluding carboxylic acids is 3. The second kappa shape index (κ2) is 9.68. The normalized spacial score (nSPS) is 23.8. The van der Waals surface area contributed by atoms with Gasteiger partial charge >= 0.3 is 0 Å². The Bertz CT molecular complexity index is 1110. The summed E-state index contributed by atoms with van der Waals surface area (Å²) in [6, 6.07) is 9.87. The van der Waals surface area contributed by atoms with Crippen LogP contribution in [0.2, 0.25) is 0 Å². The van der Waals surface area contributed by atoms with Crippen molar-refractivity contribution >= 4 is 29.1 Å². The van der Waals surface area contributed by atoms with Gasteiger partial charge < -0.3 is 21.3 Å². The molecule has 8 heteroatoms. The highest BCUT2D eigenvalue weighted by atomic mass is 16.2. The molecule has 35 heavy (non-hydrogen) atoms. The molecule has 0 spiro atoms. The summed E-state index contributed by atoms with van der Waals surface area (Å²) in [5, 5.41) is 6.66. The molecule has 3 aliphatic rings. The van der Waals surface area contributed by atoms with Gasteiger partial charge in [0.25, 0.3) is 11.8 Å². The van der Waals surface area contributed by atoms with Gasteiger partial charge in [0.1, 0.15) is 5.82 Å². The predicted octanol–water partition coefficient (Wildman–Crippen LogP) is 3.67. The highest BCUT2D eigenvalue weighted by Gasteiger charge is 2.41. The molecule has 3 heterocycles. The summed E-state index contributed by atoms with van der Waals surface area (Å²) in [5.74, 6) is 0.291. The summed E-state index contributed by atoms with van der Waals surface area (Å²) in [5.41, 5.74) is 7.80. The zero-order valence-electron chi connectivity index (χ0n) is 20.1. The van der Waals surface area contributed by atoms with Crippen molar-refractivity contribution < 1.29 is 14.4 Å². The van der Waals surface area contributed by atoms with Gasteiger partial charge in [-0.25, -0.2) is 4.98 Å². The average Bonchev–Trinajstić information content (AvgIpc) is 3.44. The number of benzene rings is 1. The Morgan fingerprint density at radius 1 is 0.943 bits per heavy atom. The van der Waals surface area contributed by atoms with Gasteiger partial charge in [0.15, 0.2) is 5.78 Å². The van der Waals surface area contributed by atoms with Gasteiger partial charge in [0.05, 0.1) is 5.56 Å². The number of amides is 2. The number of hydrogen-bond donors (Lipinski definition) is 3. The van der Waals surface area contributed by atoms with Crippen LogP contribution in [0.3, 0.4) is 0 Å². The van der Waals surface area contributed by atoms with Crippen LogP contribution in [-0.2, 0) is 0 Å². The molecule has 1 unspecified atom stereocenters. The Kier molecular flexibility index (Phi) is 6.45. The summed E-state index contributed by atoms with van der Waals surface area (Å²) in [7, 11) is 0. The third-order valence-electron chi connectivity index (χ3n) is 7.75. The van der Waals surface area contributed by atoms with Gasteiger partial charge in [0.2, 0.25) is 0 Å². The fourth-order valence-electron chi connectivity index (χ4n) is 5.99. The number of primary amides is 1. The lowest BCUT2D eigenvalue weighted by Crippen LogP contribution is -2.50. The Hall–Kier alpha value is -3.42. The molecule has 2 amide bonds. The average molecular weight is 476 g/mol. The Labute approximate surface area is 205 Å². The van der Waals surface area contributed by atoms with Crippen LogP contribution in [0.1, 0.15) is 89.4 Å². The minimum Gasteiger partial charge on any atom is -0.382 e. The molecule has 0 radical (unpaired) electrons. The second-order valence-electron chi connectivity index (χ2n) is 10.1. The predicted molar refractivity (Wildman–Crippen MR) is 135 cm³/mol. The monoisotopic (exact) mass is 475 g/mol. The maximum atomic E-state index is 13.2. The number of piperidine rings is 1. The van der Waals surface area contributed by atoms with Gasteiger partial charge in [-0.1, -0.05) is 12.8 Å². The van der Waals surface area contributed by atoms with Gasteiger partial charge in [0, 0.05) is 47.2 Å². The minimum absolute atomic E-state index is 0.0129. The summed E-state index contributed by atoms with van der Waals surface area (Å²) in [4.78, 5) is 43.6. The lowest BCUT2D eigenvalue weighted by Gasteiger charge is -2.40. The molecule has 1 aliphatic carbocycles. The van der Waals surface area contributed by atoms with Crippen molar-refractivity contribution in [2.75, 3.05) is 10.2 Å². The lowest BCUT2D eigenvalue weighted by molar-refractivity contribution is 0.0924. The standard InChI is InChI=1S/C27H33N5O3/c1-16(33)18-7-11-25(29-15-18)32-21-8-9-22(32)14-20(13-21)31-27(35)17-6-10-23(26(28)34)24(12-17)30-19-4-2-3-5-19/h6-7,10-12,15,19-22,30H,2-5,8-9,13-14H2,1H3,(H2,28,34)(H,31,35)/t20?,21-,22+. The van der Waals surface area contributed by atoms with Crippen LogP contribution < -0.4 is 21.3 Å². The number of nitrogens with one attached hydrogen (secondary N) is 2. The van der Waals surface area contributed by atoms with E-state index < -0.39 is 5.91 Å². The number of carbonyl (C=O) groups is 3. The van der Waals surface area contributed by atoms with Crippen LogP contribution >= 0.6 is 0 Å². The third kappa shape index (κ3) is 4.88. The first-order valence-electron chi connectivity index (χ1n) is 12.7. The molecule has 3 atom stereocenters. The highest BCUT2D eigenvalue weighted by molar-refractivity contribution is 6.02. The fraction of sp³-hybridized carbons (Fsp3) is 0.481. The number of Topliss-reactive ketones (excluding diaryl/α,β-unsaturated/α-hetero) is 1. The number of rotatable bonds is 7. The fourth-order valence-corrected chi connectivity index (χ4v) is 5.99. The van der Waals surface area contributed by atoms with Crippen LogP contribution in [0.25, 0.3) is 0 Å². The molecule has 2 aliphatic heterocycles. The lowest BCUT2D eigenvalue weighted by atomic mass is 9.96. The number of hydrogen-bond acceptors (Lipinski definition) is 6. The Morgan fingerprint density at radius 2 is 1.63 bits per heavy atom. The van der Waals surface area contributed by atoms with E-state index >= 15 is 0 Å². The van der Waals surface area contributed by atoms with E-state index in [0.29, 0.717) is 40.5 Å². The van der Waals surface area contributed by atoms with Crippen molar-refractivity contribution in [3.05, 3.63) is 53.2 Å². The molecular formula is C27H33N5O3. The van der Waals surface area contributed by atoms with E-state index in [0.717, 1.165) is 44.3 Å². The number of aromatic nitrogens is 1. The summed E-state index contributed by atoms with van der Waals surface area (Å²) in [6.07, 6.45) is 9.94. The van der Waals surface area contributed by atoms with E-state index in [9.17, 15) is 14.4 Å².